The van der Waals surface area contributed by atoms with Crippen LogP contribution in [0.5, 0.6) is 0 Å². The van der Waals surface area contributed by atoms with Crippen molar-refractivity contribution in [2.75, 3.05) is 32.1 Å². The van der Waals surface area contributed by atoms with Gasteiger partial charge in [-0.3, -0.25) is 0 Å². The van der Waals surface area contributed by atoms with Crippen molar-refractivity contribution in [2.24, 2.45) is 5.73 Å². The van der Waals surface area contributed by atoms with Gasteiger partial charge in [0.1, 0.15) is 0 Å². The molecule has 0 spiro atoms. The molecule has 1 aromatic carbocycles. The first kappa shape index (κ1) is 13.7. The molecule has 1 saturated heterocycles. The summed E-state index contributed by atoms with van der Waals surface area (Å²) in [7, 11) is 4.27. The number of rotatable bonds is 3. The Morgan fingerprint density at radius 3 is 2.67 bits per heavy atom. The number of hydrogen-bond donors (Lipinski definition) is 1. The van der Waals surface area contributed by atoms with E-state index in [1.54, 1.807) is 0 Å². The summed E-state index contributed by atoms with van der Waals surface area (Å²) in [5.41, 5.74) is 8.09. The predicted molar refractivity (Wildman–Crippen MR) is 78.4 cm³/mol. The lowest BCUT2D eigenvalue weighted by atomic mass is 10.1. The molecule has 18 heavy (non-hydrogen) atoms. The van der Waals surface area contributed by atoms with E-state index in [1.165, 1.54) is 6.42 Å². The molecule has 2 N–H and O–H groups in total. The van der Waals surface area contributed by atoms with E-state index in [1.807, 2.05) is 13.0 Å². The second kappa shape index (κ2) is 5.47. The van der Waals surface area contributed by atoms with Gasteiger partial charge in [-0.1, -0.05) is 17.7 Å². The van der Waals surface area contributed by atoms with Crippen LogP contribution in [0.4, 0.5) is 5.69 Å². The standard InChI is InChI=1S/C14H22ClN3/c1-10(16)11-4-5-14(13(15)8-11)18-7-6-12(9-18)17(2)3/h4-5,8,10,12H,6-7,9,16H2,1-3H3/t10-,12?/m1/s1. The highest BCUT2D eigenvalue weighted by molar-refractivity contribution is 6.33. The highest BCUT2D eigenvalue weighted by atomic mass is 35.5. The van der Waals surface area contributed by atoms with Crippen molar-refractivity contribution in [1.29, 1.82) is 0 Å². The third-order valence-electron chi connectivity index (χ3n) is 3.73. The highest BCUT2D eigenvalue weighted by Crippen LogP contribution is 2.31. The minimum Gasteiger partial charge on any atom is -0.369 e. The summed E-state index contributed by atoms with van der Waals surface area (Å²) in [6.45, 7) is 4.09. The summed E-state index contributed by atoms with van der Waals surface area (Å²) in [5.74, 6) is 0. The lowest BCUT2D eigenvalue weighted by Gasteiger charge is -2.23. The van der Waals surface area contributed by atoms with Gasteiger partial charge in [0.2, 0.25) is 0 Å². The fourth-order valence-corrected chi connectivity index (χ4v) is 2.75. The van der Waals surface area contributed by atoms with Gasteiger partial charge in [0, 0.05) is 25.2 Å². The van der Waals surface area contributed by atoms with E-state index in [0.29, 0.717) is 6.04 Å². The molecule has 0 aromatic heterocycles. The van der Waals surface area contributed by atoms with Crippen LogP contribution in [-0.2, 0) is 0 Å². The Hall–Kier alpha value is -0.770. The van der Waals surface area contributed by atoms with Crippen LogP contribution in [-0.4, -0.2) is 38.1 Å². The van der Waals surface area contributed by atoms with Crippen LogP contribution < -0.4 is 10.6 Å². The molecule has 2 rings (SSSR count). The molecule has 1 unspecified atom stereocenters. The molecule has 0 amide bonds. The Balaban J connectivity index is 2.15. The van der Waals surface area contributed by atoms with Crippen molar-refractivity contribution in [3.63, 3.8) is 0 Å². The molecule has 0 aliphatic carbocycles. The lowest BCUT2D eigenvalue weighted by molar-refractivity contribution is 0.315. The van der Waals surface area contributed by atoms with Crippen LogP contribution >= 0.6 is 11.6 Å². The van der Waals surface area contributed by atoms with Crippen molar-refractivity contribution >= 4 is 17.3 Å². The molecule has 100 valence electrons. The fraction of sp³-hybridized carbons (Fsp3) is 0.571. The molecule has 1 heterocycles. The van der Waals surface area contributed by atoms with Gasteiger partial charge in [-0.25, -0.2) is 0 Å². The van der Waals surface area contributed by atoms with Crippen LogP contribution in [0.25, 0.3) is 0 Å². The first-order chi connectivity index (χ1) is 8.49. The van der Waals surface area contributed by atoms with Gasteiger partial charge in [0.15, 0.2) is 0 Å². The number of hydrogen-bond acceptors (Lipinski definition) is 3. The zero-order valence-corrected chi connectivity index (χ0v) is 12.1. The van der Waals surface area contributed by atoms with Gasteiger partial charge >= 0.3 is 0 Å². The molecular weight excluding hydrogens is 246 g/mol. The normalized spacial score (nSPS) is 21.7. The van der Waals surface area contributed by atoms with Crippen LogP contribution in [0.3, 0.4) is 0 Å². The van der Waals surface area contributed by atoms with Crippen LogP contribution in [0.15, 0.2) is 18.2 Å². The van der Waals surface area contributed by atoms with Gasteiger partial charge in [-0.05, 0) is 45.1 Å². The number of nitrogens with two attached hydrogens (primary N) is 1. The van der Waals surface area contributed by atoms with Gasteiger partial charge < -0.3 is 15.5 Å². The highest BCUT2D eigenvalue weighted by Gasteiger charge is 2.25. The van der Waals surface area contributed by atoms with Crippen molar-refractivity contribution < 1.29 is 0 Å². The van der Waals surface area contributed by atoms with E-state index in [2.05, 4.69) is 36.0 Å². The SMILES string of the molecule is C[C@@H](N)c1ccc(N2CCC(N(C)C)C2)c(Cl)c1. The Bertz CT molecular complexity index is 418. The fourth-order valence-electron chi connectivity index (χ4n) is 2.44. The van der Waals surface area contributed by atoms with Crippen LogP contribution in [0.2, 0.25) is 5.02 Å². The lowest BCUT2D eigenvalue weighted by Crippen LogP contribution is -2.31. The first-order valence-electron chi connectivity index (χ1n) is 6.45. The number of anilines is 1. The molecule has 1 fully saturated rings. The van der Waals surface area contributed by atoms with Crippen molar-refractivity contribution in [3.8, 4) is 0 Å². The molecule has 1 aliphatic rings. The molecule has 0 radical (unpaired) electrons. The monoisotopic (exact) mass is 267 g/mol. The third kappa shape index (κ3) is 2.79. The molecule has 2 atom stereocenters. The minimum absolute atomic E-state index is 0.0321. The summed E-state index contributed by atoms with van der Waals surface area (Å²) in [6.07, 6.45) is 1.19. The maximum Gasteiger partial charge on any atom is 0.0642 e. The van der Waals surface area contributed by atoms with E-state index < -0.39 is 0 Å². The third-order valence-corrected chi connectivity index (χ3v) is 4.03. The van der Waals surface area contributed by atoms with Gasteiger partial charge in [-0.15, -0.1) is 0 Å². The molecule has 1 aromatic rings. The average Bonchev–Trinajstić information content (AvgIpc) is 2.78. The Morgan fingerprint density at radius 1 is 1.44 bits per heavy atom. The first-order valence-corrected chi connectivity index (χ1v) is 6.83. The van der Waals surface area contributed by atoms with E-state index in [9.17, 15) is 0 Å². The molecule has 0 saturated carbocycles. The second-order valence-electron chi connectivity index (χ2n) is 5.35. The Labute approximate surface area is 115 Å². The van der Waals surface area contributed by atoms with Gasteiger partial charge in [-0.2, -0.15) is 0 Å². The second-order valence-corrected chi connectivity index (χ2v) is 5.76. The zero-order valence-electron chi connectivity index (χ0n) is 11.4. The quantitative estimate of drug-likeness (QED) is 0.913. The molecule has 1 aliphatic heterocycles. The molecule has 3 nitrogen and oxygen atoms in total. The number of nitrogens with zero attached hydrogens (tertiary/aromatic N) is 2. The van der Waals surface area contributed by atoms with Crippen molar-refractivity contribution in [2.45, 2.75) is 25.4 Å². The Morgan fingerprint density at radius 2 is 2.17 bits per heavy atom. The topological polar surface area (TPSA) is 32.5 Å². The van der Waals surface area contributed by atoms with Crippen molar-refractivity contribution in [1.82, 2.24) is 4.90 Å². The molecule has 4 heteroatoms. The summed E-state index contributed by atoms with van der Waals surface area (Å²) < 4.78 is 0. The van der Waals surface area contributed by atoms with Crippen LogP contribution in [0.1, 0.15) is 24.9 Å². The van der Waals surface area contributed by atoms with E-state index >= 15 is 0 Å². The summed E-state index contributed by atoms with van der Waals surface area (Å²) in [6, 6.07) is 6.82. The number of halogens is 1. The average molecular weight is 268 g/mol. The summed E-state index contributed by atoms with van der Waals surface area (Å²) >= 11 is 6.37. The van der Waals surface area contributed by atoms with Crippen molar-refractivity contribution in [3.05, 3.63) is 28.8 Å². The number of benzene rings is 1. The zero-order chi connectivity index (χ0) is 13.3. The largest absolute Gasteiger partial charge is 0.369 e. The maximum atomic E-state index is 6.37. The van der Waals surface area contributed by atoms with Gasteiger partial charge in [0.05, 0.1) is 10.7 Å². The smallest absolute Gasteiger partial charge is 0.0642 e. The van der Waals surface area contributed by atoms with Gasteiger partial charge in [0.25, 0.3) is 0 Å². The van der Waals surface area contributed by atoms with E-state index in [0.717, 1.165) is 29.4 Å². The van der Waals surface area contributed by atoms with Crippen LogP contribution in [0, 0.1) is 0 Å². The molecular formula is C14H22ClN3. The predicted octanol–water partition coefficient (Wildman–Crippen LogP) is 2.50. The van der Waals surface area contributed by atoms with E-state index in [4.69, 9.17) is 17.3 Å². The van der Waals surface area contributed by atoms with E-state index in [-0.39, 0.29) is 6.04 Å². The Kier molecular flexibility index (Phi) is 4.15. The maximum absolute atomic E-state index is 6.37. The number of likely N-dealkylation sites (N-methyl/N-ethyl adjacent to an activating group) is 1. The molecule has 0 bridgehead atoms. The minimum atomic E-state index is 0.0321. The summed E-state index contributed by atoms with van der Waals surface area (Å²) in [4.78, 5) is 4.64. The summed E-state index contributed by atoms with van der Waals surface area (Å²) in [5, 5.41) is 0.809.